The van der Waals surface area contributed by atoms with Crippen molar-refractivity contribution < 1.29 is 14.3 Å². The minimum Gasteiger partial charge on any atom is -0.490 e. The molecule has 0 bridgehead atoms. The minimum absolute atomic E-state index is 0.218. The molecule has 1 aliphatic heterocycles. The molecule has 1 amide bonds. The highest BCUT2D eigenvalue weighted by Gasteiger charge is 2.35. The second kappa shape index (κ2) is 13.9. The van der Waals surface area contributed by atoms with Crippen molar-refractivity contribution in [1.82, 2.24) is 14.8 Å². The lowest BCUT2D eigenvalue weighted by Gasteiger charge is -2.29. The maximum Gasteiger partial charge on any atom is 0.255 e. The van der Waals surface area contributed by atoms with Crippen LogP contribution in [0.3, 0.4) is 0 Å². The number of thioether (sulfide) groups is 1. The molecule has 0 fully saturated rings. The second-order valence-electron chi connectivity index (χ2n) is 10.9. The van der Waals surface area contributed by atoms with Crippen molar-refractivity contribution in [3.05, 3.63) is 98.2 Å². The summed E-state index contributed by atoms with van der Waals surface area (Å²) in [5, 5.41) is 12.0. The van der Waals surface area contributed by atoms with E-state index >= 15 is 0 Å². The lowest BCUT2D eigenvalue weighted by Crippen LogP contribution is -2.31. The number of amides is 1. The summed E-state index contributed by atoms with van der Waals surface area (Å²) in [5.41, 5.74) is 7.19. The van der Waals surface area contributed by atoms with Gasteiger partial charge in [-0.15, -0.1) is 5.10 Å². The van der Waals surface area contributed by atoms with Gasteiger partial charge >= 0.3 is 0 Å². The molecule has 2 heterocycles. The van der Waals surface area contributed by atoms with E-state index in [2.05, 4.69) is 58.6 Å². The number of allylic oxidation sites excluding steroid dienone is 1. The van der Waals surface area contributed by atoms with Gasteiger partial charge in [-0.2, -0.15) is 4.98 Å². The number of carbonyl (C=O) groups is 1. The second-order valence-corrected chi connectivity index (χ2v) is 12.8. The van der Waals surface area contributed by atoms with Crippen molar-refractivity contribution in [3.63, 3.8) is 0 Å². The van der Waals surface area contributed by atoms with Gasteiger partial charge in [0.1, 0.15) is 12.6 Å². The number of halogens is 1. The highest BCUT2D eigenvalue weighted by Crippen LogP contribution is 2.44. The van der Waals surface area contributed by atoms with Crippen molar-refractivity contribution in [1.29, 1.82) is 0 Å². The Morgan fingerprint density at radius 1 is 1.05 bits per heavy atom. The van der Waals surface area contributed by atoms with Crippen LogP contribution in [0.1, 0.15) is 61.1 Å². The zero-order valence-corrected chi connectivity index (χ0v) is 28.4. The fourth-order valence-corrected chi connectivity index (χ4v) is 6.50. The van der Waals surface area contributed by atoms with Gasteiger partial charge in [0.2, 0.25) is 11.1 Å². The van der Waals surface area contributed by atoms with Gasteiger partial charge in [-0.1, -0.05) is 66.2 Å². The highest BCUT2D eigenvalue weighted by atomic mass is 79.9. The fourth-order valence-electron chi connectivity index (χ4n) is 5.24. The van der Waals surface area contributed by atoms with Crippen LogP contribution in [-0.2, 0) is 11.4 Å². The molecule has 3 aromatic carbocycles. The highest BCUT2D eigenvalue weighted by molar-refractivity contribution is 9.10. The molecular formula is C34H38BrN5O3S. The third-order valence-corrected chi connectivity index (χ3v) is 8.89. The number of anilines is 2. The molecule has 1 aromatic heterocycles. The number of benzene rings is 3. The van der Waals surface area contributed by atoms with Crippen LogP contribution in [0.25, 0.3) is 0 Å². The third-order valence-electron chi connectivity index (χ3n) is 7.26. The molecule has 1 atom stereocenters. The van der Waals surface area contributed by atoms with Crippen LogP contribution in [-0.4, -0.2) is 33.0 Å². The summed E-state index contributed by atoms with van der Waals surface area (Å²) in [4.78, 5) is 18.8. The first-order valence-corrected chi connectivity index (χ1v) is 16.6. The van der Waals surface area contributed by atoms with Crippen molar-refractivity contribution in [2.24, 2.45) is 0 Å². The molecule has 4 aromatic rings. The lowest BCUT2D eigenvalue weighted by molar-refractivity contribution is -0.113. The van der Waals surface area contributed by atoms with Gasteiger partial charge in [-0.05, 0) is 91.9 Å². The summed E-state index contributed by atoms with van der Waals surface area (Å²) in [5.74, 6) is 2.45. The van der Waals surface area contributed by atoms with Gasteiger partial charge in [-0.3, -0.25) is 4.79 Å². The zero-order chi connectivity index (χ0) is 31.4. The number of hydrogen-bond acceptors (Lipinski definition) is 7. The van der Waals surface area contributed by atoms with Crippen LogP contribution >= 0.6 is 27.7 Å². The number of carbonyl (C=O) groups excluding carboxylic acids is 1. The molecule has 0 spiro atoms. The molecule has 5 rings (SSSR count). The van der Waals surface area contributed by atoms with Crippen molar-refractivity contribution in [3.8, 4) is 11.5 Å². The number of rotatable bonds is 11. The number of ether oxygens (including phenoxy) is 2. The molecular weight excluding hydrogens is 638 g/mol. The molecule has 230 valence electrons. The van der Waals surface area contributed by atoms with E-state index in [1.54, 1.807) is 16.4 Å². The maximum atomic E-state index is 14.1. The van der Waals surface area contributed by atoms with Crippen LogP contribution in [0, 0.1) is 20.8 Å². The first-order valence-electron chi connectivity index (χ1n) is 14.8. The van der Waals surface area contributed by atoms with E-state index in [1.165, 1.54) is 5.56 Å². The molecule has 44 heavy (non-hydrogen) atoms. The Morgan fingerprint density at radius 2 is 1.84 bits per heavy atom. The molecule has 0 saturated carbocycles. The Hall–Kier alpha value is -3.76. The SMILES string of the molecule is CCCSc1nc2n(n1)C(c1cc(Br)c(OCc3cccc(C)c3)c(OCC)c1)C(C(=O)Nc1ccc(C)cc1C)=C(C)N2. The monoisotopic (exact) mass is 675 g/mol. The van der Waals surface area contributed by atoms with Gasteiger partial charge in [0.25, 0.3) is 5.91 Å². The van der Waals surface area contributed by atoms with Crippen LogP contribution in [0.2, 0.25) is 0 Å². The van der Waals surface area contributed by atoms with Crippen LogP contribution in [0.15, 0.2) is 75.5 Å². The van der Waals surface area contributed by atoms with Gasteiger partial charge in [-0.25, -0.2) is 4.68 Å². The van der Waals surface area contributed by atoms with E-state index in [9.17, 15) is 4.79 Å². The first-order chi connectivity index (χ1) is 21.2. The molecule has 0 saturated heterocycles. The minimum atomic E-state index is -0.568. The summed E-state index contributed by atoms with van der Waals surface area (Å²) < 4.78 is 14.9. The Labute approximate surface area is 271 Å². The summed E-state index contributed by atoms with van der Waals surface area (Å²) in [6.07, 6.45) is 1.00. The molecule has 2 N–H and O–H groups in total. The quantitative estimate of drug-likeness (QED) is 0.154. The van der Waals surface area contributed by atoms with E-state index in [4.69, 9.17) is 19.6 Å². The summed E-state index contributed by atoms with van der Waals surface area (Å²) >= 11 is 5.35. The third kappa shape index (κ3) is 6.97. The normalized spacial score (nSPS) is 14.2. The van der Waals surface area contributed by atoms with Crippen LogP contribution < -0.4 is 20.1 Å². The topological polar surface area (TPSA) is 90.3 Å². The van der Waals surface area contributed by atoms with Gasteiger partial charge in [0.15, 0.2) is 11.5 Å². The Bertz CT molecular complexity index is 1720. The molecule has 1 unspecified atom stereocenters. The molecule has 0 radical (unpaired) electrons. The van der Waals surface area contributed by atoms with Crippen molar-refractivity contribution in [2.75, 3.05) is 23.0 Å². The first kappa shape index (κ1) is 31.7. The van der Waals surface area contributed by atoms with Gasteiger partial charge in [0, 0.05) is 17.1 Å². The largest absolute Gasteiger partial charge is 0.490 e. The standard InChI is InChI=1S/C34H38BrN5O3S/c1-7-14-44-34-38-33-36-23(6)29(32(41)37-27-13-12-21(4)15-22(27)5)30(40(33)39-34)25-17-26(35)31(28(18-25)42-8-2)43-19-24-11-9-10-20(3)16-24/h9-13,15-18,30H,7-8,14,19H2,1-6H3,(H,37,41)(H,36,38,39). The fraction of sp³-hybridized carbons (Fsp3) is 0.324. The summed E-state index contributed by atoms with van der Waals surface area (Å²) in [6.45, 7) is 12.9. The number of fused-ring (bicyclic) bond motifs is 1. The van der Waals surface area contributed by atoms with E-state index < -0.39 is 6.04 Å². The van der Waals surface area contributed by atoms with Crippen LogP contribution in [0.4, 0.5) is 11.6 Å². The molecule has 10 heteroatoms. The predicted octanol–water partition coefficient (Wildman–Crippen LogP) is 8.37. The average Bonchev–Trinajstić information content (AvgIpc) is 3.38. The smallest absolute Gasteiger partial charge is 0.255 e. The van der Waals surface area contributed by atoms with Crippen molar-refractivity contribution >= 4 is 45.2 Å². The summed E-state index contributed by atoms with van der Waals surface area (Å²) in [7, 11) is 0. The van der Waals surface area contributed by atoms with Crippen molar-refractivity contribution in [2.45, 2.75) is 65.8 Å². The Morgan fingerprint density at radius 3 is 2.57 bits per heavy atom. The average molecular weight is 677 g/mol. The number of aryl methyl sites for hydroxylation is 3. The number of hydrogen-bond donors (Lipinski definition) is 2. The number of nitrogens with one attached hydrogen (secondary N) is 2. The lowest BCUT2D eigenvalue weighted by atomic mass is 9.94. The van der Waals surface area contributed by atoms with Gasteiger partial charge < -0.3 is 20.1 Å². The number of aromatic nitrogens is 3. The maximum absolute atomic E-state index is 14.1. The summed E-state index contributed by atoms with van der Waals surface area (Å²) in [6, 6.07) is 17.6. The van der Waals surface area contributed by atoms with E-state index in [0.717, 1.165) is 44.6 Å². The van der Waals surface area contributed by atoms with E-state index in [0.29, 0.717) is 47.1 Å². The Kier molecular flexibility index (Phi) is 10.0. The number of nitrogens with zero attached hydrogens (tertiary/aromatic N) is 3. The van der Waals surface area contributed by atoms with Gasteiger partial charge in [0.05, 0.1) is 16.7 Å². The Balaban J connectivity index is 1.57. The van der Waals surface area contributed by atoms with E-state index in [1.807, 2.05) is 64.1 Å². The van der Waals surface area contributed by atoms with Crippen LogP contribution in [0.5, 0.6) is 11.5 Å². The zero-order valence-electron chi connectivity index (χ0n) is 26.0. The molecule has 8 nitrogen and oxygen atoms in total. The predicted molar refractivity (Wildman–Crippen MR) is 181 cm³/mol. The molecule has 1 aliphatic rings. The molecule has 0 aliphatic carbocycles. The van der Waals surface area contributed by atoms with E-state index in [-0.39, 0.29) is 5.91 Å².